The van der Waals surface area contributed by atoms with Gasteiger partial charge >= 0.3 is 0 Å². The minimum Gasteiger partial charge on any atom is -0.360 e. The molecule has 0 amide bonds. The van der Waals surface area contributed by atoms with Crippen LogP contribution in [0.4, 0.5) is 0 Å². The summed E-state index contributed by atoms with van der Waals surface area (Å²) < 4.78 is 0. The van der Waals surface area contributed by atoms with Crippen molar-refractivity contribution in [1.82, 2.24) is 4.90 Å². The van der Waals surface area contributed by atoms with E-state index in [0.29, 0.717) is 11.3 Å². The van der Waals surface area contributed by atoms with Crippen molar-refractivity contribution in [2.24, 2.45) is 17.3 Å². The highest BCUT2D eigenvalue weighted by molar-refractivity contribution is 5.81. The Morgan fingerprint density at radius 2 is 1.67 bits per heavy atom. The van der Waals surface area contributed by atoms with E-state index in [9.17, 15) is 0 Å². The van der Waals surface area contributed by atoms with Gasteiger partial charge in [0.05, 0.1) is 5.84 Å². The SMILES string of the molecule is CC(C)C(=N)N1CCC(C(C)(C)C)CC1. The van der Waals surface area contributed by atoms with Crippen LogP contribution in [-0.2, 0) is 0 Å². The van der Waals surface area contributed by atoms with Crippen LogP contribution in [-0.4, -0.2) is 23.8 Å². The van der Waals surface area contributed by atoms with Crippen LogP contribution in [0.15, 0.2) is 0 Å². The fourth-order valence-electron chi connectivity index (χ4n) is 2.35. The first-order valence-electron chi connectivity index (χ1n) is 6.15. The monoisotopic (exact) mass is 210 g/mol. The molecule has 0 spiro atoms. The summed E-state index contributed by atoms with van der Waals surface area (Å²) >= 11 is 0. The third kappa shape index (κ3) is 3.22. The number of likely N-dealkylation sites (tertiary alicyclic amines) is 1. The number of hydrogen-bond donors (Lipinski definition) is 1. The largest absolute Gasteiger partial charge is 0.360 e. The molecule has 1 N–H and O–H groups in total. The van der Waals surface area contributed by atoms with Crippen LogP contribution >= 0.6 is 0 Å². The molecule has 0 radical (unpaired) electrons. The molecule has 1 aliphatic rings. The molecule has 15 heavy (non-hydrogen) atoms. The standard InChI is InChI=1S/C13H26N2/c1-10(2)12(14)15-8-6-11(7-9-15)13(3,4)5/h10-11,14H,6-9H2,1-5H3. The number of rotatable bonds is 1. The Balaban J connectivity index is 2.46. The molecule has 0 unspecified atom stereocenters. The molecular formula is C13H26N2. The molecule has 2 nitrogen and oxygen atoms in total. The maximum atomic E-state index is 7.99. The summed E-state index contributed by atoms with van der Waals surface area (Å²) in [7, 11) is 0. The Bertz CT molecular complexity index is 217. The van der Waals surface area contributed by atoms with E-state index in [1.807, 2.05) is 0 Å². The lowest BCUT2D eigenvalue weighted by Gasteiger charge is -2.40. The molecular weight excluding hydrogens is 184 g/mol. The van der Waals surface area contributed by atoms with Gasteiger partial charge in [0.15, 0.2) is 0 Å². The molecule has 1 rings (SSSR count). The molecule has 2 heteroatoms. The Hall–Kier alpha value is -0.530. The number of hydrogen-bond acceptors (Lipinski definition) is 1. The molecule has 0 aliphatic carbocycles. The van der Waals surface area contributed by atoms with E-state index in [-0.39, 0.29) is 0 Å². The fraction of sp³-hybridized carbons (Fsp3) is 0.923. The highest BCUT2D eigenvalue weighted by atomic mass is 15.2. The lowest BCUT2D eigenvalue weighted by atomic mass is 9.75. The predicted octanol–water partition coefficient (Wildman–Crippen LogP) is 3.38. The Morgan fingerprint density at radius 3 is 2.00 bits per heavy atom. The van der Waals surface area contributed by atoms with Gasteiger partial charge < -0.3 is 4.90 Å². The van der Waals surface area contributed by atoms with Crippen LogP contribution in [0.3, 0.4) is 0 Å². The van der Waals surface area contributed by atoms with Crippen molar-refractivity contribution in [2.45, 2.75) is 47.5 Å². The van der Waals surface area contributed by atoms with Gasteiger partial charge in [-0.25, -0.2) is 0 Å². The zero-order valence-corrected chi connectivity index (χ0v) is 10.9. The summed E-state index contributed by atoms with van der Waals surface area (Å²) in [4.78, 5) is 2.26. The van der Waals surface area contributed by atoms with Crippen LogP contribution in [0.2, 0.25) is 0 Å². The van der Waals surface area contributed by atoms with Gasteiger partial charge in [0.1, 0.15) is 0 Å². The van der Waals surface area contributed by atoms with Crippen LogP contribution in [0, 0.1) is 22.7 Å². The van der Waals surface area contributed by atoms with E-state index in [2.05, 4.69) is 39.5 Å². The van der Waals surface area contributed by atoms with Crippen LogP contribution in [0.25, 0.3) is 0 Å². The van der Waals surface area contributed by atoms with Crippen LogP contribution in [0.1, 0.15) is 47.5 Å². The fourth-order valence-corrected chi connectivity index (χ4v) is 2.35. The predicted molar refractivity (Wildman–Crippen MR) is 66.3 cm³/mol. The van der Waals surface area contributed by atoms with E-state index in [4.69, 9.17) is 5.41 Å². The molecule has 0 aromatic carbocycles. The average molecular weight is 210 g/mol. The van der Waals surface area contributed by atoms with Gasteiger partial charge in [0.25, 0.3) is 0 Å². The lowest BCUT2D eigenvalue weighted by molar-refractivity contribution is 0.146. The van der Waals surface area contributed by atoms with Gasteiger partial charge in [-0.15, -0.1) is 0 Å². The van der Waals surface area contributed by atoms with Crippen LogP contribution < -0.4 is 0 Å². The topological polar surface area (TPSA) is 27.1 Å². The van der Waals surface area contributed by atoms with Gasteiger partial charge in [-0.1, -0.05) is 34.6 Å². The Morgan fingerprint density at radius 1 is 1.20 bits per heavy atom. The summed E-state index contributed by atoms with van der Waals surface area (Å²) in [5.74, 6) is 2.02. The first-order valence-corrected chi connectivity index (χ1v) is 6.15. The van der Waals surface area contributed by atoms with Crippen molar-refractivity contribution in [3.05, 3.63) is 0 Å². The number of amidine groups is 1. The smallest absolute Gasteiger partial charge is 0.0983 e. The molecule has 1 aliphatic heterocycles. The number of nitrogens with zero attached hydrogens (tertiary/aromatic N) is 1. The molecule has 1 saturated heterocycles. The van der Waals surface area contributed by atoms with E-state index in [1.54, 1.807) is 0 Å². The minimum atomic E-state index is 0.371. The maximum absolute atomic E-state index is 7.99. The van der Waals surface area contributed by atoms with Gasteiger partial charge in [0.2, 0.25) is 0 Å². The molecule has 1 heterocycles. The molecule has 0 bridgehead atoms. The first kappa shape index (κ1) is 12.5. The Kier molecular flexibility index (Phi) is 3.80. The van der Waals surface area contributed by atoms with Gasteiger partial charge in [0, 0.05) is 19.0 Å². The average Bonchev–Trinajstić information content (AvgIpc) is 2.15. The van der Waals surface area contributed by atoms with E-state index < -0.39 is 0 Å². The second-order valence-electron chi connectivity index (χ2n) is 6.17. The third-order valence-electron chi connectivity index (χ3n) is 3.61. The summed E-state index contributed by atoms with van der Waals surface area (Å²) in [6.45, 7) is 13.4. The van der Waals surface area contributed by atoms with E-state index in [1.165, 1.54) is 12.8 Å². The molecule has 0 aromatic heterocycles. The molecule has 1 fully saturated rings. The summed E-state index contributed by atoms with van der Waals surface area (Å²) in [5.41, 5.74) is 0.437. The highest BCUT2D eigenvalue weighted by Crippen LogP contribution is 2.34. The summed E-state index contributed by atoms with van der Waals surface area (Å²) in [6.07, 6.45) is 2.50. The van der Waals surface area contributed by atoms with Crippen molar-refractivity contribution < 1.29 is 0 Å². The van der Waals surface area contributed by atoms with Gasteiger partial charge in [-0.2, -0.15) is 0 Å². The summed E-state index contributed by atoms with van der Waals surface area (Å²) in [5, 5.41) is 7.99. The van der Waals surface area contributed by atoms with Crippen molar-refractivity contribution in [1.29, 1.82) is 5.41 Å². The van der Waals surface area contributed by atoms with Crippen molar-refractivity contribution in [3.8, 4) is 0 Å². The zero-order chi connectivity index (χ0) is 11.6. The quantitative estimate of drug-likeness (QED) is 0.521. The van der Waals surface area contributed by atoms with E-state index >= 15 is 0 Å². The highest BCUT2D eigenvalue weighted by Gasteiger charge is 2.29. The maximum Gasteiger partial charge on any atom is 0.0983 e. The van der Waals surface area contributed by atoms with Crippen molar-refractivity contribution >= 4 is 5.84 Å². The zero-order valence-electron chi connectivity index (χ0n) is 10.9. The number of piperidine rings is 1. The normalized spacial score (nSPS) is 19.7. The van der Waals surface area contributed by atoms with Crippen molar-refractivity contribution in [3.63, 3.8) is 0 Å². The van der Waals surface area contributed by atoms with Crippen LogP contribution in [0.5, 0.6) is 0 Å². The van der Waals surface area contributed by atoms with Gasteiger partial charge in [-0.05, 0) is 24.2 Å². The molecule has 88 valence electrons. The molecule has 0 atom stereocenters. The Labute approximate surface area is 94.6 Å². The molecule has 0 aromatic rings. The number of nitrogens with one attached hydrogen (secondary N) is 1. The third-order valence-corrected chi connectivity index (χ3v) is 3.61. The lowest BCUT2D eigenvalue weighted by Crippen LogP contribution is -2.42. The van der Waals surface area contributed by atoms with E-state index in [0.717, 1.165) is 24.8 Å². The summed E-state index contributed by atoms with van der Waals surface area (Å²) in [6, 6.07) is 0. The minimum absolute atomic E-state index is 0.371. The molecule has 0 saturated carbocycles. The first-order chi connectivity index (χ1) is 6.82. The van der Waals surface area contributed by atoms with Gasteiger partial charge in [-0.3, -0.25) is 5.41 Å². The second kappa shape index (κ2) is 4.54. The van der Waals surface area contributed by atoms with Crippen molar-refractivity contribution in [2.75, 3.05) is 13.1 Å². The second-order valence-corrected chi connectivity index (χ2v) is 6.17.